The fourth-order valence-electron chi connectivity index (χ4n) is 3.19. The minimum absolute atomic E-state index is 0.00677. The second-order valence-corrected chi connectivity index (χ2v) is 10.3. The molecule has 36 heavy (non-hydrogen) atoms. The quantitative estimate of drug-likeness (QED) is 0.263. The van der Waals surface area contributed by atoms with Crippen LogP contribution >= 0.6 is 11.6 Å². The average molecular weight is 529 g/mol. The largest absolute Gasteiger partial charge is 0.495 e. The summed E-state index contributed by atoms with van der Waals surface area (Å²) in [5, 5.41) is 6.37. The first kappa shape index (κ1) is 31.7. The van der Waals surface area contributed by atoms with Crippen LogP contribution < -0.4 is 15.4 Å². The lowest BCUT2D eigenvalue weighted by atomic mass is 9.93. The van der Waals surface area contributed by atoms with Crippen molar-refractivity contribution >= 4 is 29.4 Å². The van der Waals surface area contributed by atoms with Gasteiger partial charge < -0.3 is 24.3 Å². The molecule has 204 valence electrons. The van der Waals surface area contributed by atoms with Crippen LogP contribution in [0.5, 0.6) is 5.75 Å². The Morgan fingerprint density at radius 1 is 1.08 bits per heavy atom. The summed E-state index contributed by atoms with van der Waals surface area (Å²) in [5.74, 6) is -0.865. The number of carbonyl (C=O) groups is 3. The summed E-state index contributed by atoms with van der Waals surface area (Å²) in [4.78, 5) is 38.0. The Bertz CT molecular complexity index is 874. The molecule has 1 rings (SSSR count). The van der Waals surface area contributed by atoms with Gasteiger partial charge in [0.05, 0.1) is 43.5 Å². The van der Waals surface area contributed by atoms with Gasteiger partial charge in [-0.2, -0.15) is 0 Å². The number of rotatable bonds is 15. The summed E-state index contributed by atoms with van der Waals surface area (Å²) in [6.45, 7) is 11.1. The van der Waals surface area contributed by atoms with Crippen LogP contribution in [0.3, 0.4) is 0 Å². The maximum atomic E-state index is 13.1. The van der Waals surface area contributed by atoms with Crippen molar-refractivity contribution in [2.45, 2.75) is 72.6 Å². The molecule has 0 aliphatic heterocycles. The maximum absolute atomic E-state index is 13.1. The van der Waals surface area contributed by atoms with Gasteiger partial charge in [-0.05, 0) is 64.2 Å². The van der Waals surface area contributed by atoms with E-state index in [1.807, 2.05) is 33.8 Å². The van der Waals surface area contributed by atoms with E-state index in [1.54, 1.807) is 26.0 Å². The van der Waals surface area contributed by atoms with Crippen LogP contribution in [0.1, 0.15) is 53.5 Å². The van der Waals surface area contributed by atoms with Crippen LogP contribution in [-0.2, 0) is 35.0 Å². The Morgan fingerprint density at radius 2 is 1.75 bits per heavy atom. The minimum Gasteiger partial charge on any atom is -0.495 e. The number of carbonyl (C=O) groups excluding carboxylic acids is 3. The summed E-state index contributed by atoms with van der Waals surface area (Å²) < 4.78 is 21.0. The molecule has 2 atom stereocenters. The number of halogens is 1. The Morgan fingerprint density at radius 3 is 2.28 bits per heavy atom. The highest BCUT2D eigenvalue weighted by atomic mass is 35.5. The molecule has 0 unspecified atom stereocenters. The smallest absolute Gasteiger partial charge is 0.347 e. The minimum atomic E-state index is -1.08. The third-order valence-electron chi connectivity index (χ3n) is 5.37. The van der Waals surface area contributed by atoms with Gasteiger partial charge in [0.2, 0.25) is 5.91 Å². The molecule has 0 heterocycles. The van der Waals surface area contributed by atoms with E-state index in [4.69, 9.17) is 30.5 Å². The number of hydrogen-bond acceptors (Lipinski definition) is 8. The number of nitrogens with one attached hydrogen (secondary N) is 2. The molecule has 0 aliphatic rings. The number of esters is 2. The van der Waals surface area contributed by atoms with Crippen molar-refractivity contribution in [1.82, 2.24) is 10.6 Å². The lowest BCUT2D eigenvalue weighted by molar-refractivity contribution is -0.173. The van der Waals surface area contributed by atoms with E-state index in [0.29, 0.717) is 23.6 Å². The van der Waals surface area contributed by atoms with Gasteiger partial charge in [0.15, 0.2) is 6.10 Å². The van der Waals surface area contributed by atoms with Crippen molar-refractivity contribution in [3.8, 4) is 5.75 Å². The second kappa shape index (κ2) is 15.0. The molecule has 0 fully saturated rings. The second-order valence-electron chi connectivity index (χ2n) is 9.94. The van der Waals surface area contributed by atoms with Gasteiger partial charge in [-0.3, -0.25) is 14.9 Å². The highest BCUT2D eigenvalue weighted by Crippen LogP contribution is 2.25. The zero-order valence-corrected chi connectivity index (χ0v) is 23.4. The number of ether oxygens (including phenoxy) is 4. The van der Waals surface area contributed by atoms with E-state index < -0.39 is 29.5 Å². The molecule has 0 saturated heterocycles. The van der Waals surface area contributed by atoms with Gasteiger partial charge in [0, 0.05) is 6.54 Å². The van der Waals surface area contributed by atoms with Gasteiger partial charge in [0.1, 0.15) is 5.75 Å². The van der Waals surface area contributed by atoms with E-state index >= 15 is 0 Å². The fourth-order valence-corrected chi connectivity index (χ4v) is 3.47. The molecular weight excluding hydrogens is 488 g/mol. The van der Waals surface area contributed by atoms with Gasteiger partial charge in [-0.25, -0.2) is 4.79 Å². The molecule has 1 amide bonds. The SMILES string of the molecule is COC(=O)[C@H](CC(C)C)OC(=O)C(C)(C)CNC(=O)[C@@H](Cc1ccc(OC)c(Cl)c1)NCOC(C)C. The molecule has 0 radical (unpaired) electrons. The van der Waals surface area contributed by atoms with E-state index in [9.17, 15) is 14.4 Å². The highest BCUT2D eigenvalue weighted by molar-refractivity contribution is 6.32. The lowest BCUT2D eigenvalue weighted by Gasteiger charge is -2.27. The molecule has 2 N–H and O–H groups in total. The van der Waals surface area contributed by atoms with E-state index in [-0.39, 0.29) is 31.2 Å². The Hall–Kier alpha value is -2.36. The topological polar surface area (TPSA) is 112 Å². The third-order valence-corrected chi connectivity index (χ3v) is 5.67. The first-order chi connectivity index (χ1) is 16.8. The zero-order valence-electron chi connectivity index (χ0n) is 22.6. The third kappa shape index (κ3) is 10.7. The number of benzene rings is 1. The number of methoxy groups -OCH3 is 2. The summed E-state index contributed by atoms with van der Waals surface area (Å²) in [6.07, 6.45) is -0.341. The average Bonchev–Trinajstić information content (AvgIpc) is 2.80. The summed E-state index contributed by atoms with van der Waals surface area (Å²) in [5.41, 5.74) is -0.257. The molecule has 0 bridgehead atoms. The van der Waals surface area contributed by atoms with Gasteiger partial charge in [-0.15, -0.1) is 0 Å². The standard InChI is InChI=1S/C26H41ClN2O7/c1-16(2)11-22(24(31)34-8)36-25(32)26(5,6)14-28-23(30)20(29-15-35-17(3)4)13-18-9-10-21(33-7)19(27)12-18/h9-10,12,16-17,20,22,29H,11,13-15H2,1-8H3,(H,28,30)/t20-,22+/m1/s1. The highest BCUT2D eigenvalue weighted by Gasteiger charge is 2.35. The Balaban J connectivity index is 2.89. The van der Waals surface area contributed by atoms with Crippen LogP contribution in [-0.4, -0.2) is 63.6 Å². The van der Waals surface area contributed by atoms with Crippen molar-refractivity contribution in [2.24, 2.45) is 11.3 Å². The van der Waals surface area contributed by atoms with Crippen LogP contribution in [0.2, 0.25) is 5.02 Å². The van der Waals surface area contributed by atoms with Crippen LogP contribution in [0, 0.1) is 11.3 Å². The molecule has 9 nitrogen and oxygen atoms in total. The van der Waals surface area contributed by atoms with Crippen molar-refractivity contribution in [2.75, 3.05) is 27.5 Å². The van der Waals surface area contributed by atoms with Crippen molar-refractivity contribution in [3.63, 3.8) is 0 Å². The van der Waals surface area contributed by atoms with Crippen molar-refractivity contribution in [3.05, 3.63) is 28.8 Å². The van der Waals surface area contributed by atoms with Gasteiger partial charge in [0.25, 0.3) is 0 Å². The lowest BCUT2D eigenvalue weighted by Crippen LogP contribution is -2.50. The van der Waals surface area contributed by atoms with Crippen LogP contribution in [0.4, 0.5) is 0 Å². The Labute approximate surface area is 219 Å². The normalized spacial score (nSPS) is 13.3. The molecule has 1 aromatic rings. The maximum Gasteiger partial charge on any atom is 0.347 e. The predicted molar refractivity (Wildman–Crippen MR) is 138 cm³/mol. The van der Waals surface area contributed by atoms with Crippen LogP contribution in [0.15, 0.2) is 18.2 Å². The summed E-state index contributed by atoms with van der Waals surface area (Å²) >= 11 is 6.24. The summed E-state index contributed by atoms with van der Waals surface area (Å²) in [7, 11) is 2.78. The number of hydrogen-bond donors (Lipinski definition) is 2. The molecule has 0 aromatic heterocycles. The molecule has 1 aromatic carbocycles. The first-order valence-corrected chi connectivity index (χ1v) is 12.4. The predicted octanol–water partition coefficient (Wildman–Crippen LogP) is 3.51. The molecule has 0 saturated carbocycles. The fraction of sp³-hybridized carbons (Fsp3) is 0.654. The van der Waals surface area contributed by atoms with Gasteiger partial charge >= 0.3 is 11.9 Å². The van der Waals surface area contributed by atoms with Crippen molar-refractivity contribution in [1.29, 1.82) is 0 Å². The number of amides is 1. The summed E-state index contributed by atoms with van der Waals surface area (Å²) in [6, 6.07) is 4.67. The molecule has 0 aliphatic carbocycles. The van der Waals surface area contributed by atoms with E-state index in [0.717, 1.165) is 5.56 Å². The van der Waals surface area contributed by atoms with E-state index in [1.165, 1.54) is 14.2 Å². The first-order valence-electron chi connectivity index (χ1n) is 12.0. The van der Waals surface area contributed by atoms with Gasteiger partial charge in [-0.1, -0.05) is 31.5 Å². The Kier molecular flexibility index (Phi) is 13.2. The molecule has 0 spiro atoms. The zero-order chi connectivity index (χ0) is 27.5. The molecule has 10 heteroatoms. The van der Waals surface area contributed by atoms with E-state index in [2.05, 4.69) is 10.6 Å². The van der Waals surface area contributed by atoms with Crippen molar-refractivity contribution < 1.29 is 33.3 Å². The molecular formula is C26H41ClN2O7. The monoisotopic (exact) mass is 528 g/mol. The van der Waals surface area contributed by atoms with Crippen LogP contribution in [0.25, 0.3) is 0 Å².